The fraction of sp³-hybridized carbons (Fsp3) is 0.900. The molecule has 88 valence electrons. The molecule has 1 fully saturated rings. The lowest BCUT2D eigenvalue weighted by atomic mass is 10.1. The van der Waals surface area contributed by atoms with Crippen LogP contribution in [0.4, 0.5) is 0 Å². The number of carboxylic acids is 1. The van der Waals surface area contributed by atoms with Crippen molar-refractivity contribution in [1.29, 1.82) is 0 Å². The van der Waals surface area contributed by atoms with Crippen LogP contribution in [0.25, 0.3) is 0 Å². The van der Waals surface area contributed by atoms with Crippen molar-refractivity contribution in [3.05, 3.63) is 0 Å². The molecule has 0 saturated carbocycles. The van der Waals surface area contributed by atoms with Crippen LogP contribution in [0.15, 0.2) is 0 Å². The molecule has 0 aromatic heterocycles. The van der Waals surface area contributed by atoms with Gasteiger partial charge in [-0.05, 0) is 39.2 Å². The Morgan fingerprint density at radius 3 is 2.67 bits per heavy atom. The van der Waals surface area contributed by atoms with E-state index in [0.717, 1.165) is 6.54 Å². The lowest BCUT2D eigenvalue weighted by molar-refractivity contribution is -0.138. The Labute approximate surface area is 90.4 Å². The van der Waals surface area contributed by atoms with Gasteiger partial charge in [-0.2, -0.15) is 0 Å². The van der Waals surface area contributed by atoms with Crippen LogP contribution in [0.1, 0.15) is 32.6 Å². The van der Waals surface area contributed by atoms with Crippen molar-refractivity contribution in [2.45, 2.75) is 50.9 Å². The van der Waals surface area contributed by atoms with Crippen molar-refractivity contribution < 1.29 is 9.90 Å². The molecule has 0 aliphatic carbocycles. The number of carbonyl (C=O) groups is 1. The number of hydrogen-bond acceptors (Lipinski definition) is 4. The number of aliphatic carboxylic acids is 1. The molecule has 0 spiro atoms. The molecule has 0 amide bonds. The first-order valence-corrected chi connectivity index (χ1v) is 5.52. The van der Waals surface area contributed by atoms with Crippen molar-refractivity contribution in [1.82, 2.24) is 4.90 Å². The molecule has 1 aliphatic rings. The van der Waals surface area contributed by atoms with Crippen molar-refractivity contribution in [2.75, 3.05) is 6.54 Å². The van der Waals surface area contributed by atoms with Crippen molar-refractivity contribution in [3.63, 3.8) is 0 Å². The molecule has 3 unspecified atom stereocenters. The first-order chi connectivity index (χ1) is 7.02. The molecule has 0 aromatic rings. The summed E-state index contributed by atoms with van der Waals surface area (Å²) in [4.78, 5) is 12.7. The molecule has 1 rings (SSSR count). The molecule has 0 aromatic carbocycles. The second kappa shape index (κ2) is 5.44. The SMILES string of the molecule is CC1CCCN1C(N)CCC(N)C(=O)O. The predicted molar refractivity (Wildman–Crippen MR) is 58.2 cm³/mol. The van der Waals surface area contributed by atoms with E-state index in [0.29, 0.717) is 18.9 Å². The van der Waals surface area contributed by atoms with Gasteiger partial charge in [0.05, 0.1) is 6.17 Å². The van der Waals surface area contributed by atoms with Gasteiger partial charge in [0, 0.05) is 6.04 Å². The van der Waals surface area contributed by atoms with Crippen LogP contribution in [0, 0.1) is 0 Å². The molecule has 0 bridgehead atoms. The number of likely N-dealkylation sites (tertiary alicyclic amines) is 1. The lowest BCUT2D eigenvalue weighted by Gasteiger charge is -2.28. The van der Waals surface area contributed by atoms with E-state index in [2.05, 4.69) is 11.8 Å². The molecular formula is C10H21N3O2. The second-order valence-electron chi connectivity index (χ2n) is 4.32. The summed E-state index contributed by atoms with van der Waals surface area (Å²) in [5, 5.41) is 8.63. The van der Waals surface area contributed by atoms with Gasteiger partial charge in [-0.1, -0.05) is 0 Å². The highest BCUT2D eigenvalue weighted by Gasteiger charge is 2.25. The van der Waals surface area contributed by atoms with E-state index in [1.807, 2.05) is 0 Å². The monoisotopic (exact) mass is 215 g/mol. The first kappa shape index (κ1) is 12.4. The van der Waals surface area contributed by atoms with Crippen LogP contribution in [0.3, 0.4) is 0 Å². The highest BCUT2D eigenvalue weighted by molar-refractivity contribution is 5.72. The maximum atomic E-state index is 10.5. The fourth-order valence-electron chi connectivity index (χ4n) is 2.09. The molecule has 5 nitrogen and oxygen atoms in total. The predicted octanol–water partition coefficient (Wildman–Crippen LogP) is -0.0524. The van der Waals surface area contributed by atoms with Gasteiger partial charge in [0.15, 0.2) is 0 Å². The highest BCUT2D eigenvalue weighted by atomic mass is 16.4. The summed E-state index contributed by atoms with van der Waals surface area (Å²) >= 11 is 0. The zero-order valence-electron chi connectivity index (χ0n) is 9.22. The van der Waals surface area contributed by atoms with E-state index in [1.54, 1.807) is 0 Å². The van der Waals surface area contributed by atoms with Gasteiger partial charge in [-0.25, -0.2) is 0 Å². The Kier molecular flexibility index (Phi) is 4.50. The molecular weight excluding hydrogens is 194 g/mol. The molecule has 1 saturated heterocycles. The van der Waals surface area contributed by atoms with Crippen LogP contribution in [-0.4, -0.2) is 40.8 Å². The number of carboxylic acid groups (broad SMARTS) is 1. The summed E-state index contributed by atoms with van der Waals surface area (Å²) in [7, 11) is 0. The molecule has 15 heavy (non-hydrogen) atoms. The summed E-state index contributed by atoms with van der Waals surface area (Å²) < 4.78 is 0. The summed E-state index contributed by atoms with van der Waals surface area (Å²) in [5.41, 5.74) is 11.4. The number of nitrogens with zero attached hydrogens (tertiary/aromatic N) is 1. The molecule has 5 N–H and O–H groups in total. The van der Waals surface area contributed by atoms with Crippen LogP contribution in [-0.2, 0) is 4.79 Å². The summed E-state index contributed by atoms with van der Waals surface area (Å²) in [6.45, 7) is 3.18. The summed E-state index contributed by atoms with van der Waals surface area (Å²) in [6.07, 6.45) is 3.41. The average molecular weight is 215 g/mol. The van der Waals surface area contributed by atoms with Crippen molar-refractivity contribution in [3.8, 4) is 0 Å². The number of nitrogens with two attached hydrogens (primary N) is 2. The Bertz CT molecular complexity index is 223. The van der Waals surface area contributed by atoms with Crippen molar-refractivity contribution in [2.24, 2.45) is 11.5 Å². The van der Waals surface area contributed by atoms with Crippen LogP contribution in [0.2, 0.25) is 0 Å². The minimum atomic E-state index is -0.948. The third-order valence-electron chi connectivity index (χ3n) is 3.12. The maximum Gasteiger partial charge on any atom is 0.320 e. The van der Waals surface area contributed by atoms with Gasteiger partial charge in [-0.15, -0.1) is 0 Å². The summed E-state index contributed by atoms with van der Waals surface area (Å²) in [5.74, 6) is -0.948. The first-order valence-electron chi connectivity index (χ1n) is 5.52. The average Bonchev–Trinajstić information content (AvgIpc) is 2.60. The van der Waals surface area contributed by atoms with Crippen LogP contribution < -0.4 is 11.5 Å². The fourth-order valence-corrected chi connectivity index (χ4v) is 2.09. The second-order valence-corrected chi connectivity index (χ2v) is 4.32. The Balaban J connectivity index is 2.29. The normalized spacial score (nSPS) is 26.5. The van der Waals surface area contributed by atoms with Gasteiger partial charge in [0.1, 0.15) is 6.04 Å². The Hall–Kier alpha value is -0.650. The van der Waals surface area contributed by atoms with E-state index in [4.69, 9.17) is 16.6 Å². The van der Waals surface area contributed by atoms with Crippen LogP contribution >= 0.6 is 0 Å². The molecule has 0 radical (unpaired) electrons. The van der Waals surface area contributed by atoms with E-state index in [-0.39, 0.29) is 6.17 Å². The lowest BCUT2D eigenvalue weighted by Crippen LogP contribution is -2.45. The molecule has 1 aliphatic heterocycles. The third kappa shape index (κ3) is 3.44. The van der Waals surface area contributed by atoms with E-state index in [1.165, 1.54) is 12.8 Å². The minimum absolute atomic E-state index is 0.0482. The zero-order chi connectivity index (χ0) is 11.4. The standard InChI is InChI=1S/C10H21N3O2/c1-7-3-2-6-13(7)9(12)5-4-8(11)10(14)15/h7-9H,2-6,11-12H2,1H3,(H,14,15). The summed E-state index contributed by atoms with van der Waals surface area (Å²) in [6, 6.07) is -0.269. The van der Waals surface area contributed by atoms with Gasteiger partial charge < -0.3 is 16.6 Å². The molecule has 1 heterocycles. The highest BCUT2D eigenvalue weighted by Crippen LogP contribution is 2.19. The Morgan fingerprint density at radius 1 is 1.53 bits per heavy atom. The van der Waals surface area contributed by atoms with Gasteiger partial charge in [0.25, 0.3) is 0 Å². The number of hydrogen-bond donors (Lipinski definition) is 3. The van der Waals surface area contributed by atoms with E-state index in [9.17, 15) is 4.79 Å². The van der Waals surface area contributed by atoms with Crippen molar-refractivity contribution >= 4 is 5.97 Å². The Morgan fingerprint density at radius 2 is 2.20 bits per heavy atom. The van der Waals surface area contributed by atoms with E-state index >= 15 is 0 Å². The van der Waals surface area contributed by atoms with Gasteiger partial charge >= 0.3 is 5.97 Å². The quantitative estimate of drug-likeness (QED) is 0.598. The molecule has 3 atom stereocenters. The maximum absolute atomic E-state index is 10.5. The number of rotatable bonds is 5. The largest absolute Gasteiger partial charge is 0.480 e. The van der Waals surface area contributed by atoms with Crippen LogP contribution in [0.5, 0.6) is 0 Å². The minimum Gasteiger partial charge on any atom is -0.480 e. The third-order valence-corrected chi connectivity index (χ3v) is 3.12. The smallest absolute Gasteiger partial charge is 0.320 e. The van der Waals surface area contributed by atoms with Gasteiger partial charge in [0.2, 0.25) is 0 Å². The topological polar surface area (TPSA) is 92.6 Å². The molecule has 5 heteroatoms. The van der Waals surface area contributed by atoms with Gasteiger partial charge in [-0.3, -0.25) is 9.69 Å². The zero-order valence-corrected chi connectivity index (χ0v) is 9.22. The van der Waals surface area contributed by atoms with E-state index < -0.39 is 12.0 Å².